The highest BCUT2D eigenvalue weighted by Crippen LogP contribution is 2.38. The van der Waals surface area contributed by atoms with E-state index in [4.69, 9.17) is 11.6 Å². The highest BCUT2D eigenvalue weighted by molar-refractivity contribution is 7.92. The van der Waals surface area contributed by atoms with Gasteiger partial charge in [-0.25, -0.2) is 8.42 Å². The maximum absolute atomic E-state index is 13.1. The van der Waals surface area contributed by atoms with Crippen LogP contribution in [0.3, 0.4) is 0 Å². The Morgan fingerprint density at radius 1 is 1.16 bits per heavy atom. The molecular formula is C19H19ClN2O2S. The molecule has 1 heterocycles. The van der Waals surface area contributed by atoms with Crippen molar-refractivity contribution in [2.45, 2.75) is 18.4 Å². The van der Waals surface area contributed by atoms with E-state index in [1.54, 1.807) is 30.3 Å². The molecule has 0 N–H and O–H groups in total. The second kappa shape index (κ2) is 6.58. The number of hydrogen-bond donors (Lipinski definition) is 0. The van der Waals surface area contributed by atoms with Crippen LogP contribution in [0.2, 0.25) is 5.02 Å². The van der Waals surface area contributed by atoms with Gasteiger partial charge < -0.3 is 4.57 Å². The zero-order valence-electron chi connectivity index (χ0n) is 14.1. The third-order valence-corrected chi connectivity index (χ3v) is 6.31. The van der Waals surface area contributed by atoms with Gasteiger partial charge in [-0.05, 0) is 25.1 Å². The van der Waals surface area contributed by atoms with Crippen molar-refractivity contribution in [3.05, 3.63) is 71.8 Å². The highest BCUT2D eigenvalue weighted by Gasteiger charge is 2.27. The Morgan fingerprint density at radius 3 is 2.44 bits per heavy atom. The maximum Gasteiger partial charge on any atom is 0.265 e. The largest absolute Gasteiger partial charge is 0.322 e. The van der Waals surface area contributed by atoms with Crippen molar-refractivity contribution in [3.63, 3.8) is 0 Å². The summed E-state index contributed by atoms with van der Waals surface area (Å²) in [5.41, 5.74) is 1.87. The summed E-state index contributed by atoms with van der Waals surface area (Å²) in [6.07, 6.45) is 1.72. The van der Waals surface area contributed by atoms with E-state index >= 15 is 0 Å². The molecule has 0 unspecified atom stereocenters. The van der Waals surface area contributed by atoms with Crippen LogP contribution >= 0.6 is 11.6 Å². The van der Waals surface area contributed by atoms with E-state index in [9.17, 15) is 8.42 Å². The zero-order valence-corrected chi connectivity index (χ0v) is 15.7. The highest BCUT2D eigenvalue weighted by atomic mass is 35.5. The first kappa shape index (κ1) is 17.6. The zero-order chi connectivity index (χ0) is 18.2. The molecule has 0 amide bonds. The third-order valence-electron chi connectivity index (χ3n) is 4.17. The quantitative estimate of drug-likeness (QED) is 0.612. The van der Waals surface area contributed by atoms with Gasteiger partial charge in [0.1, 0.15) is 5.82 Å². The maximum atomic E-state index is 13.1. The number of aromatic nitrogens is 1. The number of aryl methyl sites for hydroxylation is 1. The lowest BCUT2D eigenvalue weighted by atomic mass is 10.2. The Balaban J connectivity index is 2.21. The molecule has 25 heavy (non-hydrogen) atoms. The number of benzene rings is 2. The standard InChI is InChI=1S/C19H19ClN2O2S/c1-4-13-22-17-8-6-5-7-16(17)18(20)19(22)21(3)25(23,24)15-11-9-14(2)10-12-15/h4-12H,1,13H2,2-3H3. The van der Waals surface area contributed by atoms with Crippen molar-refractivity contribution in [1.82, 2.24) is 4.57 Å². The van der Waals surface area contributed by atoms with Gasteiger partial charge in [0.2, 0.25) is 0 Å². The van der Waals surface area contributed by atoms with E-state index < -0.39 is 10.0 Å². The molecule has 0 saturated heterocycles. The fraction of sp³-hybridized carbons (Fsp3) is 0.158. The number of halogens is 1. The number of hydrogen-bond acceptors (Lipinski definition) is 2. The molecule has 0 saturated carbocycles. The van der Waals surface area contributed by atoms with Gasteiger partial charge in [0.15, 0.2) is 0 Å². The summed E-state index contributed by atoms with van der Waals surface area (Å²) in [5, 5.41) is 1.22. The number of fused-ring (bicyclic) bond motifs is 1. The Hall–Kier alpha value is -2.24. The van der Waals surface area contributed by atoms with Crippen LogP contribution in [0.25, 0.3) is 10.9 Å². The molecule has 1 aromatic heterocycles. The molecule has 6 heteroatoms. The number of nitrogens with zero attached hydrogens (tertiary/aromatic N) is 2. The number of sulfonamides is 1. The third kappa shape index (κ3) is 2.94. The summed E-state index contributed by atoms with van der Waals surface area (Å²) in [4.78, 5) is 0.229. The Labute approximate surface area is 153 Å². The summed E-state index contributed by atoms with van der Waals surface area (Å²) in [6, 6.07) is 14.4. The molecule has 0 aliphatic carbocycles. The number of rotatable bonds is 5. The van der Waals surface area contributed by atoms with Crippen molar-refractivity contribution in [1.29, 1.82) is 0 Å². The first-order chi connectivity index (χ1) is 11.9. The van der Waals surface area contributed by atoms with Gasteiger partial charge in [-0.2, -0.15) is 0 Å². The van der Waals surface area contributed by atoms with Crippen LogP contribution in [0.1, 0.15) is 5.56 Å². The number of anilines is 1. The minimum absolute atomic E-state index is 0.229. The van der Waals surface area contributed by atoms with Gasteiger partial charge >= 0.3 is 0 Å². The minimum Gasteiger partial charge on any atom is -0.322 e. The Kier molecular flexibility index (Phi) is 4.62. The molecule has 3 aromatic rings. The number of allylic oxidation sites excluding steroid dienone is 1. The predicted octanol–water partition coefficient (Wildman–Crippen LogP) is 4.61. The molecule has 4 nitrogen and oxygen atoms in total. The van der Waals surface area contributed by atoms with Gasteiger partial charge in [0.05, 0.1) is 15.4 Å². The predicted molar refractivity (Wildman–Crippen MR) is 104 cm³/mol. The smallest absolute Gasteiger partial charge is 0.265 e. The molecule has 3 rings (SSSR count). The van der Waals surface area contributed by atoms with E-state index in [0.29, 0.717) is 17.4 Å². The van der Waals surface area contributed by atoms with E-state index in [0.717, 1.165) is 16.5 Å². The molecule has 0 radical (unpaired) electrons. The number of para-hydroxylation sites is 1. The average Bonchev–Trinajstić information content (AvgIpc) is 2.88. The summed E-state index contributed by atoms with van der Waals surface area (Å²) in [7, 11) is -2.20. The second-order valence-electron chi connectivity index (χ2n) is 5.84. The lowest BCUT2D eigenvalue weighted by Crippen LogP contribution is -2.28. The lowest BCUT2D eigenvalue weighted by molar-refractivity contribution is 0.593. The van der Waals surface area contributed by atoms with Crippen molar-refractivity contribution in [3.8, 4) is 0 Å². The van der Waals surface area contributed by atoms with Crippen LogP contribution in [0.5, 0.6) is 0 Å². The monoisotopic (exact) mass is 374 g/mol. The molecule has 2 aromatic carbocycles. The van der Waals surface area contributed by atoms with Crippen LogP contribution in [0, 0.1) is 6.92 Å². The topological polar surface area (TPSA) is 42.3 Å². The van der Waals surface area contributed by atoms with E-state index in [1.165, 1.54) is 11.4 Å². The molecule has 130 valence electrons. The molecule has 0 spiro atoms. The Bertz CT molecular complexity index is 1040. The normalized spacial score (nSPS) is 11.6. The molecular weight excluding hydrogens is 356 g/mol. The average molecular weight is 375 g/mol. The van der Waals surface area contributed by atoms with Crippen LogP contribution in [0.15, 0.2) is 66.1 Å². The molecule has 0 aliphatic heterocycles. The second-order valence-corrected chi connectivity index (χ2v) is 8.19. The van der Waals surface area contributed by atoms with E-state index in [1.807, 2.05) is 35.8 Å². The van der Waals surface area contributed by atoms with Gasteiger partial charge in [0.25, 0.3) is 10.0 Å². The SMILES string of the molecule is C=CCn1c(N(C)S(=O)(=O)c2ccc(C)cc2)c(Cl)c2ccccc21. The van der Waals surface area contributed by atoms with Gasteiger partial charge in [-0.15, -0.1) is 6.58 Å². The van der Waals surface area contributed by atoms with Crippen LogP contribution in [0.4, 0.5) is 5.82 Å². The summed E-state index contributed by atoms with van der Waals surface area (Å²) < 4.78 is 29.2. The van der Waals surface area contributed by atoms with Crippen molar-refractivity contribution >= 4 is 38.3 Å². The molecule has 0 aliphatic rings. The van der Waals surface area contributed by atoms with Crippen LogP contribution in [-0.2, 0) is 16.6 Å². The first-order valence-corrected chi connectivity index (χ1v) is 9.63. The van der Waals surface area contributed by atoms with Crippen molar-refractivity contribution in [2.75, 3.05) is 11.4 Å². The Morgan fingerprint density at radius 2 is 1.80 bits per heavy atom. The first-order valence-electron chi connectivity index (χ1n) is 7.81. The lowest BCUT2D eigenvalue weighted by Gasteiger charge is -2.22. The van der Waals surface area contributed by atoms with Gasteiger partial charge in [0, 0.05) is 19.0 Å². The van der Waals surface area contributed by atoms with Gasteiger partial charge in [-0.3, -0.25) is 4.31 Å². The van der Waals surface area contributed by atoms with Gasteiger partial charge in [-0.1, -0.05) is 53.6 Å². The van der Waals surface area contributed by atoms with Crippen molar-refractivity contribution < 1.29 is 8.42 Å². The summed E-state index contributed by atoms with van der Waals surface area (Å²) in [6.45, 7) is 6.14. The van der Waals surface area contributed by atoms with Crippen molar-refractivity contribution in [2.24, 2.45) is 0 Å². The van der Waals surface area contributed by atoms with Crippen LogP contribution in [-0.4, -0.2) is 20.0 Å². The van der Waals surface area contributed by atoms with E-state index in [2.05, 4.69) is 6.58 Å². The van der Waals surface area contributed by atoms with Crippen LogP contribution < -0.4 is 4.31 Å². The van der Waals surface area contributed by atoms with E-state index in [-0.39, 0.29) is 4.90 Å². The fourth-order valence-electron chi connectivity index (χ4n) is 2.85. The summed E-state index contributed by atoms with van der Waals surface area (Å²) in [5.74, 6) is 0.434. The molecule has 0 atom stereocenters. The fourth-order valence-corrected chi connectivity index (χ4v) is 4.50. The molecule has 0 bridgehead atoms. The molecule has 0 fully saturated rings. The summed E-state index contributed by atoms with van der Waals surface area (Å²) >= 11 is 6.55. The minimum atomic E-state index is -3.73.